The Hall–Kier alpha value is -2.53. The highest BCUT2D eigenvalue weighted by molar-refractivity contribution is 6.01. The molecule has 3 rings (SSSR count). The van der Waals surface area contributed by atoms with E-state index in [0.29, 0.717) is 42.2 Å². The largest absolute Gasteiger partial charge is 0.485 e. The maximum atomic E-state index is 12.5. The number of carbonyl (C=O) groups excluding carboxylic acids is 1. The third-order valence-corrected chi connectivity index (χ3v) is 4.64. The van der Waals surface area contributed by atoms with E-state index in [1.165, 1.54) is 0 Å². The first-order valence-electron chi connectivity index (χ1n) is 8.57. The lowest BCUT2D eigenvalue weighted by Crippen LogP contribution is -2.50. The molecule has 1 aliphatic rings. The number of anilines is 1. The molecule has 0 saturated carbocycles. The van der Waals surface area contributed by atoms with Crippen molar-refractivity contribution in [2.24, 2.45) is 0 Å². The topological polar surface area (TPSA) is 67.8 Å². The van der Waals surface area contributed by atoms with Crippen LogP contribution in [-0.2, 0) is 18.0 Å². The fourth-order valence-corrected chi connectivity index (χ4v) is 2.98. The Morgan fingerprint density at radius 3 is 2.48 bits per heavy atom. The minimum absolute atomic E-state index is 0.141. The Labute approximate surface area is 147 Å². The Kier molecular flexibility index (Phi) is 4.95. The van der Waals surface area contributed by atoms with Crippen LogP contribution in [0.3, 0.4) is 0 Å². The lowest BCUT2D eigenvalue weighted by atomic mass is 9.93. The lowest BCUT2D eigenvalue weighted by Gasteiger charge is -2.37. The number of carbonyl (C=O) groups is 1. The number of benzene rings is 2. The molecule has 0 radical (unpaired) electrons. The normalized spacial score (nSPS) is 15.1. The van der Waals surface area contributed by atoms with Crippen LogP contribution < -0.4 is 14.8 Å². The molecule has 1 amide bonds. The molecule has 2 aromatic rings. The van der Waals surface area contributed by atoms with Gasteiger partial charge in [0.05, 0.1) is 12.3 Å². The predicted octanol–water partition coefficient (Wildman–Crippen LogP) is 3.65. The van der Waals surface area contributed by atoms with Gasteiger partial charge in [-0.1, -0.05) is 44.2 Å². The van der Waals surface area contributed by atoms with Gasteiger partial charge in [0.15, 0.2) is 17.1 Å². The number of rotatable bonds is 6. The smallest absolute Gasteiger partial charge is 0.268 e. The molecule has 1 aliphatic heterocycles. The van der Waals surface area contributed by atoms with Gasteiger partial charge in [-0.3, -0.25) is 4.79 Å². The highest BCUT2D eigenvalue weighted by atomic mass is 16.5. The van der Waals surface area contributed by atoms with E-state index >= 15 is 0 Å². The predicted molar refractivity (Wildman–Crippen MR) is 95.7 cm³/mol. The number of aliphatic hydroxyl groups is 1. The zero-order valence-electron chi connectivity index (χ0n) is 14.5. The summed E-state index contributed by atoms with van der Waals surface area (Å²) in [5.41, 5.74) is 1.34. The van der Waals surface area contributed by atoms with Gasteiger partial charge in [0.1, 0.15) is 6.61 Å². The van der Waals surface area contributed by atoms with Gasteiger partial charge in [-0.05, 0) is 36.1 Å². The van der Waals surface area contributed by atoms with Crippen LogP contribution in [0.25, 0.3) is 0 Å². The van der Waals surface area contributed by atoms with Crippen molar-refractivity contribution in [1.29, 1.82) is 0 Å². The number of fused-ring (bicyclic) bond motifs is 1. The third-order valence-electron chi connectivity index (χ3n) is 4.64. The highest BCUT2D eigenvalue weighted by Crippen LogP contribution is 2.44. The van der Waals surface area contributed by atoms with Gasteiger partial charge in [0, 0.05) is 0 Å². The van der Waals surface area contributed by atoms with E-state index in [0.717, 1.165) is 5.56 Å². The van der Waals surface area contributed by atoms with Crippen LogP contribution in [-0.4, -0.2) is 16.6 Å². The van der Waals surface area contributed by atoms with Crippen LogP contribution in [0.5, 0.6) is 11.5 Å². The van der Waals surface area contributed by atoms with Crippen molar-refractivity contribution in [3.05, 3.63) is 53.6 Å². The van der Waals surface area contributed by atoms with Crippen LogP contribution in [0.4, 0.5) is 5.69 Å². The Morgan fingerprint density at radius 2 is 1.84 bits per heavy atom. The summed E-state index contributed by atoms with van der Waals surface area (Å²) in [4.78, 5) is 12.5. The van der Waals surface area contributed by atoms with Gasteiger partial charge in [-0.15, -0.1) is 0 Å². The Morgan fingerprint density at radius 1 is 1.12 bits per heavy atom. The third kappa shape index (κ3) is 3.33. The summed E-state index contributed by atoms with van der Waals surface area (Å²) in [7, 11) is 0. The van der Waals surface area contributed by atoms with E-state index in [4.69, 9.17) is 9.47 Å². The average molecular weight is 341 g/mol. The second-order valence-electron chi connectivity index (χ2n) is 6.16. The van der Waals surface area contributed by atoms with Crippen LogP contribution in [0, 0.1) is 0 Å². The van der Waals surface area contributed by atoms with E-state index in [9.17, 15) is 9.90 Å². The van der Waals surface area contributed by atoms with Gasteiger partial charge in [0.2, 0.25) is 0 Å². The first-order chi connectivity index (χ1) is 12.1. The van der Waals surface area contributed by atoms with E-state index in [1.807, 2.05) is 44.2 Å². The lowest BCUT2D eigenvalue weighted by molar-refractivity contribution is -0.133. The summed E-state index contributed by atoms with van der Waals surface area (Å²) in [5, 5.41) is 12.4. The number of aliphatic hydroxyl groups excluding tert-OH is 1. The maximum absolute atomic E-state index is 12.5. The standard InChI is InChI=1S/C20H23NO4/c1-3-20(4-2)19(23)21-16-10-15(12-22)11-17(18(16)25-20)24-13-14-8-6-5-7-9-14/h5-11,22H,3-4,12-13H2,1-2H3,(H,21,23). The zero-order valence-corrected chi connectivity index (χ0v) is 14.5. The first kappa shape index (κ1) is 17.3. The van der Waals surface area contributed by atoms with Gasteiger partial charge in [-0.2, -0.15) is 0 Å². The van der Waals surface area contributed by atoms with Crippen molar-refractivity contribution in [3.63, 3.8) is 0 Å². The summed E-state index contributed by atoms with van der Waals surface area (Å²) in [5.74, 6) is 0.891. The molecule has 2 aromatic carbocycles. The molecule has 2 N–H and O–H groups in total. The molecule has 0 aliphatic carbocycles. The second-order valence-corrected chi connectivity index (χ2v) is 6.16. The fourth-order valence-electron chi connectivity index (χ4n) is 2.98. The van der Waals surface area contributed by atoms with Gasteiger partial charge >= 0.3 is 0 Å². The first-order valence-corrected chi connectivity index (χ1v) is 8.57. The van der Waals surface area contributed by atoms with Crippen LogP contribution in [0.1, 0.15) is 37.8 Å². The molecule has 5 nitrogen and oxygen atoms in total. The molecular weight excluding hydrogens is 318 g/mol. The molecule has 0 bridgehead atoms. The molecule has 0 fully saturated rings. The monoisotopic (exact) mass is 341 g/mol. The van der Waals surface area contributed by atoms with Crippen molar-refractivity contribution in [2.45, 2.75) is 45.5 Å². The summed E-state index contributed by atoms with van der Waals surface area (Å²) >= 11 is 0. The summed E-state index contributed by atoms with van der Waals surface area (Å²) < 4.78 is 12.1. The molecule has 1 heterocycles. The molecule has 5 heteroatoms. The SMILES string of the molecule is CCC1(CC)Oc2c(cc(CO)cc2OCc2ccccc2)NC1=O. The van der Waals surface area contributed by atoms with Gasteiger partial charge in [-0.25, -0.2) is 0 Å². The van der Waals surface area contributed by atoms with Gasteiger partial charge < -0.3 is 19.9 Å². The van der Waals surface area contributed by atoms with Crippen LogP contribution in [0.15, 0.2) is 42.5 Å². The fraction of sp³-hybridized carbons (Fsp3) is 0.350. The highest BCUT2D eigenvalue weighted by Gasteiger charge is 2.42. The summed E-state index contributed by atoms with van der Waals surface area (Å²) in [6.07, 6.45) is 1.13. The molecule has 0 atom stereocenters. The summed E-state index contributed by atoms with van der Waals surface area (Å²) in [6, 6.07) is 13.3. The van der Waals surface area contributed by atoms with Crippen molar-refractivity contribution >= 4 is 11.6 Å². The molecule has 0 spiro atoms. The molecule has 25 heavy (non-hydrogen) atoms. The van der Waals surface area contributed by atoms with Crippen molar-refractivity contribution in [3.8, 4) is 11.5 Å². The molecule has 0 saturated heterocycles. The van der Waals surface area contributed by atoms with E-state index in [-0.39, 0.29) is 12.5 Å². The van der Waals surface area contributed by atoms with Crippen molar-refractivity contribution in [2.75, 3.05) is 5.32 Å². The maximum Gasteiger partial charge on any atom is 0.268 e. The number of amides is 1. The summed E-state index contributed by atoms with van der Waals surface area (Å²) in [6.45, 7) is 4.10. The molecule has 132 valence electrons. The average Bonchev–Trinajstić information content (AvgIpc) is 2.66. The minimum atomic E-state index is -0.890. The van der Waals surface area contributed by atoms with Crippen LogP contribution >= 0.6 is 0 Å². The number of hydrogen-bond donors (Lipinski definition) is 2. The van der Waals surface area contributed by atoms with Crippen molar-refractivity contribution in [1.82, 2.24) is 0 Å². The molecular formula is C20H23NO4. The van der Waals surface area contributed by atoms with E-state index < -0.39 is 5.60 Å². The van der Waals surface area contributed by atoms with Gasteiger partial charge in [0.25, 0.3) is 5.91 Å². The molecule has 0 aromatic heterocycles. The Bertz CT molecular complexity index is 754. The number of ether oxygens (including phenoxy) is 2. The zero-order chi connectivity index (χ0) is 17.9. The number of hydrogen-bond acceptors (Lipinski definition) is 4. The second kappa shape index (κ2) is 7.15. The van der Waals surface area contributed by atoms with E-state index in [1.54, 1.807) is 12.1 Å². The van der Waals surface area contributed by atoms with Crippen LogP contribution in [0.2, 0.25) is 0 Å². The van der Waals surface area contributed by atoms with Crippen molar-refractivity contribution < 1.29 is 19.4 Å². The quantitative estimate of drug-likeness (QED) is 0.842. The van der Waals surface area contributed by atoms with E-state index in [2.05, 4.69) is 5.32 Å². The minimum Gasteiger partial charge on any atom is -0.485 e. The molecule has 0 unspecified atom stereocenters. The number of nitrogens with one attached hydrogen (secondary N) is 1. The Balaban J connectivity index is 1.95.